The molecule has 2 aliphatic rings. The second-order valence-corrected chi connectivity index (χ2v) is 14.7. The maximum Gasteiger partial charge on any atom is 0.309 e. The summed E-state index contributed by atoms with van der Waals surface area (Å²) in [5.74, 6) is -0.606. The van der Waals surface area contributed by atoms with Gasteiger partial charge in [-0.3, -0.25) is 9.59 Å². The van der Waals surface area contributed by atoms with Crippen molar-refractivity contribution in [2.75, 3.05) is 0 Å². The smallest absolute Gasteiger partial charge is 0.309 e. The molecule has 2 aliphatic heterocycles. The number of aryl methyl sites for hydroxylation is 1. The third-order valence-corrected chi connectivity index (χ3v) is 11.1. The summed E-state index contributed by atoms with van der Waals surface area (Å²) in [5, 5.41) is 2.99. The van der Waals surface area contributed by atoms with Crippen molar-refractivity contribution in [3.05, 3.63) is 21.7 Å². The molecule has 1 aromatic rings. The van der Waals surface area contributed by atoms with Crippen molar-refractivity contribution < 1.29 is 28.1 Å². The quantitative estimate of drug-likeness (QED) is 0.264. The number of ketones is 1. The Morgan fingerprint density at radius 1 is 1.15 bits per heavy atom. The van der Waals surface area contributed by atoms with Crippen LogP contribution in [0.2, 0.25) is 0 Å². The van der Waals surface area contributed by atoms with Crippen molar-refractivity contribution in [1.82, 2.24) is 4.98 Å². The van der Waals surface area contributed by atoms with Gasteiger partial charge < -0.3 is 18.5 Å². The molecule has 0 bridgehead atoms. The molecule has 3 rings (SSSR count). The Kier molecular flexibility index (Phi) is 11.2. The molecule has 1 aromatic heterocycles. The van der Waals surface area contributed by atoms with Crippen molar-refractivity contribution in [1.29, 1.82) is 0 Å². The number of thiazole rings is 1. The van der Waals surface area contributed by atoms with Crippen molar-refractivity contribution in [3.63, 3.8) is 0 Å². The Morgan fingerprint density at radius 2 is 1.82 bits per heavy atom. The van der Waals surface area contributed by atoms with E-state index >= 15 is 0 Å². The Morgan fingerprint density at radius 3 is 2.38 bits per heavy atom. The number of rotatable bonds is 4. The van der Waals surface area contributed by atoms with E-state index in [2.05, 4.69) is 51.6 Å². The molecule has 3 heterocycles. The number of hydrogen-bond donors (Lipinski definition) is 0. The zero-order chi connectivity index (χ0) is 30.0. The van der Waals surface area contributed by atoms with Gasteiger partial charge in [-0.15, -0.1) is 11.3 Å². The number of fused-ring (bicyclic) bond motifs is 1. The average molecular weight is 614 g/mol. The number of nitrogens with zero attached hydrogens (tertiary/aromatic N) is 1. The topological polar surface area (TPSA) is 84.0 Å². The molecule has 0 saturated carbocycles. The standard InChI is InChI=1S/C30H49NO6P2S/c1-17-11-10-12-30(9)24(35-29(30,7)8)14-22(18(2)13-21-16-40-20(4)31-21)34-25(32)15-23(36-38)28(5,6)27(33)19(3)26(17)37-39/h13,16-17,19,22-24,26H,10-12,14-15,38-39H2,1-9H3/b18-13+. The number of aromatic nitrogens is 1. The summed E-state index contributed by atoms with van der Waals surface area (Å²) in [5.41, 5.74) is 0.436. The molecule has 0 aliphatic carbocycles. The SMILES string of the molecule is C/C(=C\c1csc(C)n1)C1CC2OC(C)(C)C2(C)CCCC(C)C(OP)C(C)C(=O)C(C)(C)C(OP)CC(=O)O1. The molecule has 9 unspecified atom stereocenters. The monoisotopic (exact) mass is 613 g/mol. The number of carbonyl (C=O) groups excluding carboxylic acids is 2. The van der Waals surface area contributed by atoms with Gasteiger partial charge in [-0.1, -0.05) is 41.0 Å². The Hall–Kier alpha value is -0.750. The number of Topliss-reactive ketones (excluding diaryl/α,β-unsaturated/α-hetero) is 1. The van der Waals surface area contributed by atoms with Crippen molar-refractivity contribution in [3.8, 4) is 0 Å². The van der Waals surface area contributed by atoms with Gasteiger partial charge in [0.1, 0.15) is 11.9 Å². The fraction of sp³-hybridized carbons (Fsp3) is 0.767. The van der Waals surface area contributed by atoms with E-state index in [-0.39, 0.29) is 47.3 Å². The average Bonchev–Trinajstić information content (AvgIpc) is 3.29. The first-order valence-corrected chi connectivity index (χ1v) is 16.1. The van der Waals surface area contributed by atoms with Crippen LogP contribution in [0.4, 0.5) is 0 Å². The predicted octanol–water partition coefficient (Wildman–Crippen LogP) is 7.13. The lowest BCUT2D eigenvalue weighted by Crippen LogP contribution is -2.65. The Balaban J connectivity index is 1.99. The first-order valence-electron chi connectivity index (χ1n) is 14.3. The third-order valence-electron chi connectivity index (χ3n) is 9.68. The highest BCUT2D eigenvalue weighted by Crippen LogP contribution is 2.55. The van der Waals surface area contributed by atoms with E-state index in [0.29, 0.717) is 6.42 Å². The molecule has 2 fully saturated rings. The maximum atomic E-state index is 13.8. The van der Waals surface area contributed by atoms with Crippen LogP contribution < -0.4 is 0 Å². The molecule has 9 atom stereocenters. The number of hydrogen-bond acceptors (Lipinski definition) is 8. The highest BCUT2D eigenvalue weighted by atomic mass is 32.1. The molecule has 2 saturated heterocycles. The van der Waals surface area contributed by atoms with Gasteiger partial charge in [-0.25, -0.2) is 4.98 Å². The largest absolute Gasteiger partial charge is 0.458 e. The second kappa shape index (κ2) is 13.3. The molecular formula is C30H49NO6P2S. The molecule has 0 amide bonds. The van der Waals surface area contributed by atoms with Crippen molar-refractivity contribution in [2.24, 2.45) is 22.7 Å². The van der Waals surface area contributed by atoms with Crippen LogP contribution in [0.3, 0.4) is 0 Å². The van der Waals surface area contributed by atoms with E-state index in [1.807, 2.05) is 46.1 Å². The van der Waals surface area contributed by atoms with Crippen LogP contribution in [0.1, 0.15) is 98.2 Å². The molecule has 0 radical (unpaired) electrons. The normalized spacial score (nSPS) is 35.9. The van der Waals surface area contributed by atoms with Gasteiger partial charge in [0.2, 0.25) is 0 Å². The second-order valence-electron chi connectivity index (χ2n) is 13.1. The van der Waals surface area contributed by atoms with Crippen LogP contribution in [0.5, 0.6) is 0 Å². The van der Waals surface area contributed by atoms with Crippen LogP contribution in [-0.2, 0) is 28.1 Å². The van der Waals surface area contributed by atoms with Gasteiger partial charge in [0.25, 0.3) is 0 Å². The van der Waals surface area contributed by atoms with Gasteiger partial charge in [0, 0.05) is 42.1 Å². The minimum Gasteiger partial charge on any atom is -0.458 e. The molecule has 0 aromatic carbocycles. The minimum absolute atomic E-state index is 0.00576. The first kappa shape index (κ1) is 33.7. The Bertz CT molecular complexity index is 1090. The van der Waals surface area contributed by atoms with E-state index in [1.165, 1.54) is 0 Å². The molecular weight excluding hydrogens is 564 g/mol. The van der Waals surface area contributed by atoms with E-state index in [0.717, 1.165) is 35.5 Å². The highest BCUT2D eigenvalue weighted by molar-refractivity contribution is 7.10. The van der Waals surface area contributed by atoms with E-state index < -0.39 is 23.6 Å². The summed E-state index contributed by atoms with van der Waals surface area (Å²) < 4.78 is 24.1. The summed E-state index contributed by atoms with van der Waals surface area (Å²) in [7, 11) is 4.60. The zero-order valence-corrected chi connectivity index (χ0v) is 28.7. The number of ether oxygens (including phenoxy) is 2. The number of esters is 1. The van der Waals surface area contributed by atoms with Crippen molar-refractivity contribution >= 4 is 48.1 Å². The maximum absolute atomic E-state index is 13.8. The minimum atomic E-state index is -0.934. The lowest BCUT2D eigenvalue weighted by atomic mass is 9.61. The van der Waals surface area contributed by atoms with Crippen LogP contribution in [-0.4, -0.2) is 46.8 Å². The summed E-state index contributed by atoms with van der Waals surface area (Å²) in [6, 6.07) is 0. The summed E-state index contributed by atoms with van der Waals surface area (Å²) in [4.78, 5) is 31.8. The lowest BCUT2D eigenvalue weighted by Gasteiger charge is -2.61. The van der Waals surface area contributed by atoms with Gasteiger partial charge >= 0.3 is 5.97 Å². The van der Waals surface area contributed by atoms with Crippen LogP contribution in [0, 0.1) is 29.6 Å². The molecule has 0 N–H and O–H groups in total. The summed E-state index contributed by atoms with van der Waals surface area (Å²) in [6.07, 6.45) is 3.87. The fourth-order valence-electron chi connectivity index (χ4n) is 6.44. The van der Waals surface area contributed by atoms with Gasteiger partial charge in [0.15, 0.2) is 0 Å². The Labute approximate surface area is 249 Å². The van der Waals surface area contributed by atoms with E-state index in [9.17, 15) is 9.59 Å². The third kappa shape index (κ3) is 7.06. The van der Waals surface area contributed by atoms with Gasteiger partial charge in [-0.2, -0.15) is 0 Å². The van der Waals surface area contributed by atoms with E-state index in [4.69, 9.17) is 18.5 Å². The van der Waals surface area contributed by atoms with Crippen LogP contribution in [0.25, 0.3) is 6.08 Å². The molecule has 226 valence electrons. The van der Waals surface area contributed by atoms with E-state index in [1.54, 1.807) is 11.3 Å². The summed E-state index contributed by atoms with van der Waals surface area (Å²) >= 11 is 1.59. The summed E-state index contributed by atoms with van der Waals surface area (Å²) in [6.45, 7) is 18.3. The first-order chi connectivity index (χ1) is 18.6. The molecule has 10 heteroatoms. The lowest BCUT2D eigenvalue weighted by molar-refractivity contribution is -0.306. The number of cyclic esters (lactones) is 1. The molecule has 7 nitrogen and oxygen atoms in total. The predicted molar refractivity (Wildman–Crippen MR) is 167 cm³/mol. The molecule has 40 heavy (non-hydrogen) atoms. The van der Waals surface area contributed by atoms with Crippen LogP contribution in [0.15, 0.2) is 11.0 Å². The zero-order valence-electron chi connectivity index (χ0n) is 25.6. The highest BCUT2D eigenvalue weighted by Gasteiger charge is 2.59. The van der Waals surface area contributed by atoms with Gasteiger partial charge in [0.05, 0.1) is 46.5 Å². The fourth-order valence-corrected chi connectivity index (χ4v) is 7.95. The van der Waals surface area contributed by atoms with Crippen LogP contribution >= 0.6 is 30.3 Å². The molecule has 0 spiro atoms. The number of carbonyl (C=O) groups is 2. The van der Waals surface area contributed by atoms with Gasteiger partial charge in [-0.05, 0) is 58.1 Å². The van der Waals surface area contributed by atoms with Crippen molar-refractivity contribution in [2.45, 2.75) is 124 Å².